The first-order valence-electron chi connectivity index (χ1n) is 6.43. The van der Waals surface area contributed by atoms with Crippen molar-refractivity contribution in [3.8, 4) is 0 Å². The van der Waals surface area contributed by atoms with Crippen molar-refractivity contribution in [2.75, 3.05) is 5.32 Å². The average molecular weight is 265 g/mol. The van der Waals surface area contributed by atoms with Gasteiger partial charge in [-0.3, -0.25) is 0 Å². The van der Waals surface area contributed by atoms with Crippen LogP contribution in [0, 0.1) is 6.92 Å². The number of benzene rings is 1. The molecular formula is C15H15N5. The minimum Gasteiger partial charge on any atom is -0.326 e. The smallest absolute Gasteiger partial charge is 0.207 e. The molecule has 0 bridgehead atoms. The number of aryl methyl sites for hydroxylation is 1. The first kappa shape index (κ1) is 12.3. The van der Waals surface area contributed by atoms with Crippen molar-refractivity contribution in [2.24, 2.45) is 0 Å². The second-order valence-corrected chi connectivity index (χ2v) is 4.46. The number of hydrogen-bond donors (Lipinski definition) is 1. The minimum absolute atomic E-state index is 0.665. The molecule has 0 saturated carbocycles. The number of nitrogens with one attached hydrogen (secondary N) is 1. The molecule has 0 saturated heterocycles. The highest BCUT2D eigenvalue weighted by Crippen LogP contribution is 2.15. The number of para-hydroxylation sites is 1. The van der Waals surface area contributed by atoms with E-state index in [1.165, 1.54) is 0 Å². The third-order valence-corrected chi connectivity index (χ3v) is 2.91. The van der Waals surface area contributed by atoms with E-state index < -0.39 is 0 Å². The maximum absolute atomic E-state index is 4.41. The predicted octanol–water partition coefficient (Wildman–Crippen LogP) is 2.77. The Morgan fingerprint density at radius 2 is 1.90 bits per heavy atom. The van der Waals surface area contributed by atoms with Crippen molar-refractivity contribution in [1.29, 1.82) is 0 Å². The molecule has 1 aromatic carbocycles. The first-order valence-corrected chi connectivity index (χ1v) is 6.43. The largest absolute Gasteiger partial charge is 0.326 e. The molecule has 0 fully saturated rings. The van der Waals surface area contributed by atoms with Crippen LogP contribution in [0.2, 0.25) is 0 Å². The Labute approximate surface area is 117 Å². The highest BCUT2D eigenvalue weighted by atomic mass is 15.2. The van der Waals surface area contributed by atoms with Gasteiger partial charge in [-0.2, -0.15) is 0 Å². The molecule has 100 valence electrons. The quantitative estimate of drug-likeness (QED) is 0.788. The summed E-state index contributed by atoms with van der Waals surface area (Å²) < 4.78 is 2.02. The van der Waals surface area contributed by atoms with E-state index >= 15 is 0 Å². The number of anilines is 2. The summed E-state index contributed by atoms with van der Waals surface area (Å²) in [5.74, 6) is 1.58. The van der Waals surface area contributed by atoms with Gasteiger partial charge in [0.05, 0.1) is 12.2 Å². The highest BCUT2D eigenvalue weighted by molar-refractivity contribution is 5.53. The Kier molecular flexibility index (Phi) is 3.41. The summed E-state index contributed by atoms with van der Waals surface area (Å²) in [7, 11) is 0. The molecule has 0 aliphatic rings. The third kappa shape index (κ3) is 2.83. The zero-order valence-corrected chi connectivity index (χ0v) is 11.2. The van der Waals surface area contributed by atoms with E-state index in [2.05, 4.69) is 20.3 Å². The van der Waals surface area contributed by atoms with E-state index in [1.807, 2.05) is 54.1 Å². The van der Waals surface area contributed by atoms with Gasteiger partial charge in [0.1, 0.15) is 5.82 Å². The van der Waals surface area contributed by atoms with Crippen LogP contribution in [0.1, 0.15) is 11.5 Å². The van der Waals surface area contributed by atoms with Crippen LogP contribution in [-0.4, -0.2) is 19.5 Å². The van der Waals surface area contributed by atoms with Crippen LogP contribution in [0.4, 0.5) is 11.6 Å². The lowest BCUT2D eigenvalue weighted by Gasteiger charge is -2.09. The lowest BCUT2D eigenvalue weighted by Crippen LogP contribution is -2.06. The lowest BCUT2D eigenvalue weighted by molar-refractivity contribution is 0.771. The fourth-order valence-electron chi connectivity index (χ4n) is 1.98. The Morgan fingerprint density at radius 3 is 2.70 bits per heavy atom. The normalized spacial score (nSPS) is 10.4. The van der Waals surface area contributed by atoms with Crippen LogP contribution in [-0.2, 0) is 6.54 Å². The van der Waals surface area contributed by atoms with Crippen molar-refractivity contribution in [1.82, 2.24) is 19.5 Å². The molecule has 0 spiro atoms. The van der Waals surface area contributed by atoms with Gasteiger partial charge in [0, 0.05) is 24.3 Å². The fraction of sp³-hybridized carbons (Fsp3) is 0.133. The van der Waals surface area contributed by atoms with Crippen molar-refractivity contribution >= 4 is 11.6 Å². The second-order valence-electron chi connectivity index (χ2n) is 4.46. The predicted molar refractivity (Wildman–Crippen MR) is 77.8 cm³/mol. The summed E-state index contributed by atoms with van der Waals surface area (Å²) >= 11 is 0. The van der Waals surface area contributed by atoms with Gasteiger partial charge < -0.3 is 9.88 Å². The molecule has 1 N–H and O–H groups in total. The van der Waals surface area contributed by atoms with Crippen LogP contribution < -0.4 is 5.32 Å². The van der Waals surface area contributed by atoms with Crippen molar-refractivity contribution in [3.05, 3.63) is 66.5 Å². The average Bonchev–Trinajstić information content (AvgIpc) is 2.87. The Bertz CT molecular complexity index is 690. The number of imidazole rings is 1. The van der Waals surface area contributed by atoms with Gasteiger partial charge in [0.15, 0.2) is 0 Å². The van der Waals surface area contributed by atoms with E-state index in [0.717, 1.165) is 23.2 Å². The van der Waals surface area contributed by atoms with Gasteiger partial charge in [0.25, 0.3) is 0 Å². The van der Waals surface area contributed by atoms with E-state index in [0.29, 0.717) is 6.54 Å². The second kappa shape index (κ2) is 5.52. The number of hydrogen-bond acceptors (Lipinski definition) is 4. The van der Waals surface area contributed by atoms with Gasteiger partial charge in [-0.05, 0) is 25.1 Å². The van der Waals surface area contributed by atoms with Gasteiger partial charge in [-0.1, -0.05) is 18.2 Å². The van der Waals surface area contributed by atoms with Crippen molar-refractivity contribution in [2.45, 2.75) is 13.5 Å². The first-order chi connectivity index (χ1) is 9.81. The van der Waals surface area contributed by atoms with Crippen molar-refractivity contribution < 1.29 is 0 Å². The van der Waals surface area contributed by atoms with E-state index in [4.69, 9.17) is 0 Å². The van der Waals surface area contributed by atoms with Crippen LogP contribution in [0.15, 0.2) is 55.0 Å². The molecule has 3 rings (SSSR count). The van der Waals surface area contributed by atoms with Gasteiger partial charge in [0.2, 0.25) is 5.95 Å². The molecule has 0 amide bonds. The van der Waals surface area contributed by atoms with Crippen LogP contribution in [0.3, 0.4) is 0 Å². The molecule has 0 unspecified atom stereocenters. The summed E-state index contributed by atoms with van der Waals surface area (Å²) in [5.41, 5.74) is 1.98. The topological polar surface area (TPSA) is 55.6 Å². The standard InChI is InChI=1S/C15H15N5/c1-12-16-8-7-14(18-12)11-20-10-9-17-15(20)19-13-5-3-2-4-6-13/h2-10H,11H2,1H3,(H,17,19). The zero-order chi connectivity index (χ0) is 13.8. The summed E-state index contributed by atoms with van der Waals surface area (Å²) in [5, 5.41) is 3.30. The minimum atomic E-state index is 0.665. The molecule has 20 heavy (non-hydrogen) atoms. The molecule has 2 aromatic heterocycles. The Morgan fingerprint density at radius 1 is 1.05 bits per heavy atom. The Balaban J connectivity index is 1.80. The molecule has 0 atom stereocenters. The number of nitrogens with zero attached hydrogens (tertiary/aromatic N) is 4. The Hall–Kier alpha value is -2.69. The van der Waals surface area contributed by atoms with Gasteiger partial charge in [-0.15, -0.1) is 0 Å². The fourth-order valence-corrected chi connectivity index (χ4v) is 1.98. The van der Waals surface area contributed by atoms with E-state index in [1.54, 1.807) is 12.4 Å². The third-order valence-electron chi connectivity index (χ3n) is 2.91. The summed E-state index contributed by atoms with van der Waals surface area (Å²) in [6.45, 7) is 2.55. The number of rotatable bonds is 4. The molecular weight excluding hydrogens is 250 g/mol. The van der Waals surface area contributed by atoms with Crippen LogP contribution in [0.25, 0.3) is 0 Å². The van der Waals surface area contributed by atoms with E-state index in [9.17, 15) is 0 Å². The summed E-state index contributed by atoms with van der Waals surface area (Å²) in [4.78, 5) is 12.9. The van der Waals surface area contributed by atoms with E-state index in [-0.39, 0.29) is 0 Å². The highest BCUT2D eigenvalue weighted by Gasteiger charge is 2.05. The summed E-state index contributed by atoms with van der Waals surface area (Å²) in [6.07, 6.45) is 5.49. The molecule has 2 heterocycles. The van der Waals surface area contributed by atoms with Gasteiger partial charge >= 0.3 is 0 Å². The SMILES string of the molecule is Cc1nccc(Cn2ccnc2Nc2ccccc2)n1. The summed E-state index contributed by atoms with van der Waals surface area (Å²) in [6, 6.07) is 11.9. The molecule has 0 aliphatic carbocycles. The maximum atomic E-state index is 4.41. The van der Waals surface area contributed by atoms with Crippen molar-refractivity contribution in [3.63, 3.8) is 0 Å². The molecule has 0 aliphatic heterocycles. The molecule has 5 heteroatoms. The van der Waals surface area contributed by atoms with Crippen LogP contribution >= 0.6 is 0 Å². The van der Waals surface area contributed by atoms with Gasteiger partial charge in [-0.25, -0.2) is 15.0 Å². The maximum Gasteiger partial charge on any atom is 0.207 e. The molecule has 3 aromatic rings. The molecule has 0 radical (unpaired) electrons. The molecule has 5 nitrogen and oxygen atoms in total. The zero-order valence-electron chi connectivity index (χ0n) is 11.2. The van der Waals surface area contributed by atoms with Crippen LogP contribution in [0.5, 0.6) is 0 Å². The number of aromatic nitrogens is 4. The lowest BCUT2D eigenvalue weighted by atomic mass is 10.3. The monoisotopic (exact) mass is 265 g/mol.